The molecule has 1 aromatic rings. The van der Waals surface area contributed by atoms with Gasteiger partial charge in [-0.25, -0.2) is 9.18 Å². The van der Waals surface area contributed by atoms with Gasteiger partial charge in [-0.05, 0) is 25.0 Å². The first-order valence-electron chi connectivity index (χ1n) is 6.44. The van der Waals surface area contributed by atoms with Crippen LogP contribution < -0.4 is 10.6 Å². The number of urea groups is 1. The van der Waals surface area contributed by atoms with Crippen molar-refractivity contribution in [1.82, 2.24) is 10.6 Å². The summed E-state index contributed by atoms with van der Waals surface area (Å²) in [5.41, 5.74) is 0.601. The number of halogens is 1. The van der Waals surface area contributed by atoms with Gasteiger partial charge >= 0.3 is 6.03 Å². The van der Waals surface area contributed by atoms with E-state index in [-0.39, 0.29) is 24.2 Å². The highest BCUT2D eigenvalue weighted by Crippen LogP contribution is 2.09. The van der Waals surface area contributed by atoms with E-state index in [0.717, 1.165) is 12.5 Å². The van der Waals surface area contributed by atoms with Crippen LogP contribution in [-0.2, 0) is 6.54 Å². The minimum Gasteiger partial charge on any atom is -0.335 e. The van der Waals surface area contributed by atoms with Crippen LogP contribution in [0.3, 0.4) is 0 Å². The number of nitriles is 1. The summed E-state index contributed by atoms with van der Waals surface area (Å²) in [4.78, 5) is 11.7. The van der Waals surface area contributed by atoms with Gasteiger partial charge in [0, 0.05) is 18.2 Å². The molecule has 0 spiro atoms. The minimum absolute atomic E-state index is 0.0262. The quantitative estimate of drug-likeness (QED) is 0.784. The average Bonchev–Trinajstić information content (AvgIpc) is 2.45. The zero-order valence-corrected chi connectivity index (χ0v) is 11.4. The van der Waals surface area contributed by atoms with Gasteiger partial charge in [0.25, 0.3) is 0 Å². The summed E-state index contributed by atoms with van der Waals surface area (Å²) in [7, 11) is 0. The lowest BCUT2D eigenvalue weighted by molar-refractivity contribution is 0.236. The van der Waals surface area contributed by atoms with Crippen LogP contribution in [-0.4, -0.2) is 12.1 Å². The predicted molar refractivity (Wildman–Crippen MR) is 75.4 cm³/mol. The summed E-state index contributed by atoms with van der Waals surface area (Å²) < 4.78 is 13.6. The van der Waals surface area contributed by atoms with Gasteiger partial charge in [0.2, 0.25) is 0 Å². The number of nitrogens with one attached hydrogen (secondary N) is 2. The molecule has 106 valence electrons. The molecule has 0 radical (unpaired) electrons. The molecule has 1 rings (SSSR count). The zero-order chi connectivity index (χ0) is 15.0. The van der Waals surface area contributed by atoms with Crippen LogP contribution in [0.2, 0.25) is 0 Å². The molecule has 0 aliphatic rings. The predicted octanol–water partition coefficient (Wildman–Crippen LogP) is 2.85. The van der Waals surface area contributed by atoms with Crippen molar-refractivity contribution in [3.8, 4) is 6.07 Å². The molecule has 0 saturated carbocycles. The van der Waals surface area contributed by atoms with E-state index < -0.39 is 5.82 Å². The van der Waals surface area contributed by atoms with Crippen molar-refractivity contribution in [1.29, 1.82) is 5.26 Å². The molecule has 0 saturated heterocycles. The highest BCUT2D eigenvalue weighted by Gasteiger charge is 2.09. The molecule has 0 unspecified atom stereocenters. The molecule has 2 amide bonds. The molecule has 1 atom stereocenters. The van der Waals surface area contributed by atoms with Gasteiger partial charge in [-0.1, -0.05) is 19.1 Å². The first-order valence-corrected chi connectivity index (χ1v) is 6.44. The van der Waals surface area contributed by atoms with Gasteiger partial charge in [-0.3, -0.25) is 0 Å². The van der Waals surface area contributed by atoms with Crippen molar-refractivity contribution < 1.29 is 9.18 Å². The van der Waals surface area contributed by atoms with Crippen LogP contribution in [0.4, 0.5) is 9.18 Å². The summed E-state index contributed by atoms with van der Waals surface area (Å²) in [5.74, 6) is -0.498. The molecular formula is C15H18FN3O. The maximum atomic E-state index is 13.6. The molecule has 0 fully saturated rings. The molecule has 0 heterocycles. The molecule has 20 heavy (non-hydrogen) atoms. The molecule has 0 bridgehead atoms. The Balaban J connectivity index is 2.52. The lowest BCUT2D eigenvalue weighted by atomic mass is 10.1. The van der Waals surface area contributed by atoms with E-state index in [0.29, 0.717) is 12.0 Å². The third-order valence-electron chi connectivity index (χ3n) is 2.90. The fourth-order valence-corrected chi connectivity index (χ4v) is 1.70. The number of carbonyl (C=O) groups is 1. The van der Waals surface area contributed by atoms with Crippen molar-refractivity contribution in [3.63, 3.8) is 0 Å². The Morgan fingerprint density at radius 3 is 2.90 bits per heavy atom. The van der Waals surface area contributed by atoms with Gasteiger partial charge < -0.3 is 10.6 Å². The lowest BCUT2D eigenvalue weighted by Crippen LogP contribution is -2.41. The summed E-state index contributed by atoms with van der Waals surface area (Å²) in [5, 5.41) is 14.0. The molecule has 0 aliphatic heterocycles. The van der Waals surface area contributed by atoms with E-state index in [1.165, 1.54) is 12.1 Å². The lowest BCUT2D eigenvalue weighted by Gasteiger charge is -2.15. The highest BCUT2D eigenvalue weighted by atomic mass is 19.1. The molecule has 0 aliphatic carbocycles. The van der Waals surface area contributed by atoms with Crippen LogP contribution in [0.15, 0.2) is 30.9 Å². The molecule has 5 heteroatoms. The SMILES string of the molecule is C=CC[C@H](CC)NC(=O)NCc1ccc(C#N)cc1F. The normalized spacial score (nSPS) is 11.2. The largest absolute Gasteiger partial charge is 0.335 e. The average molecular weight is 275 g/mol. The zero-order valence-electron chi connectivity index (χ0n) is 11.4. The Labute approximate surface area is 118 Å². The topological polar surface area (TPSA) is 64.9 Å². The summed E-state index contributed by atoms with van der Waals surface area (Å²) in [6.45, 7) is 5.67. The van der Waals surface area contributed by atoms with Crippen LogP contribution in [0, 0.1) is 17.1 Å². The van der Waals surface area contributed by atoms with Crippen LogP contribution in [0.5, 0.6) is 0 Å². The Kier molecular flexibility index (Phi) is 6.24. The monoisotopic (exact) mass is 275 g/mol. The van der Waals surface area contributed by atoms with E-state index in [1.807, 2.05) is 13.0 Å². The van der Waals surface area contributed by atoms with Crippen LogP contribution >= 0.6 is 0 Å². The Morgan fingerprint density at radius 1 is 1.60 bits per heavy atom. The van der Waals surface area contributed by atoms with Crippen molar-refractivity contribution in [2.24, 2.45) is 0 Å². The maximum absolute atomic E-state index is 13.6. The number of hydrogen-bond acceptors (Lipinski definition) is 2. The number of rotatable bonds is 6. The van der Waals surface area contributed by atoms with Gasteiger partial charge in [-0.2, -0.15) is 5.26 Å². The summed E-state index contributed by atoms with van der Waals surface area (Å²) >= 11 is 0. The standard InChI is InChI=1S/C15H18FN3O/c1-3-5-13(4-2)19-15(20)18-10-12-7-6-11(9-17)8-14(12)16/h3,6-8,13H,1,4-5,10H2,2H3,(H2,18,19,20)/t13-/m0/s1. The second-order valence-electron chi connectivity index (χ2n) is 4.37. The third kappa shape index (κ3) is 4.73. The van der Waals surface area contributed by atoms with E-state index in [1.54, 1.807) is 6.08 Å². The molecule has 4 nitrogen and oxygen atoms in total. The van der Waals surface area contributed by atoms with Gasteiger partial charge in [0.1, 0.15) is 5.82 Å². The molecule has 0 aromatic heterocycles. The molecule has 1 aromatic carbocycles. The van der Waals surface area contributed by atoms with Gasteiger partial charge in [0.05, 0.1) is 11.6 Å². The fraction of sp³-hybridized carbons (Fsp3) is 0.333. The van der Waals surface area contributed by atoms with Crippen LogP contribution in [0.25, 0.3) is 0 Å². The smallest absolute Gasteiger partial charge is 0.315 e. The molecule has 2 N–H and O–H groups in total. The molecular weight excluding hydrogens is 257 g/mol. The summed E-state index contributed by atoms with van der Waals surface area (Å²) in [6, 6.07) is 5.71. The first-order chi connectivity index (χ1) is 9.60. The number of hydrogen-bond donors (Lipinski definition) is 2. The van der Waals surface area contributed by atoms with Gasteiger partial charge in [-0.15, -0.1) is 6.58 Å². The minimum atomic E-state index is -0.498. The third-order valence-corrected chi connectivity index (χ3v) is 2.90. The number of benzene rings is 1. The van der Waals surface area contributed by atoms with E-state index in [4.69, 9.17) is 5.26 Å². The number of nitrogens with zero attached hydrogens (tertiary/aromatic N) is 1. The number of amides is 2. The maximum Gasteiger partial charge on any atom is 0.315 e. The van der Waals surface area contributed by atoms with Gasteiger partial charge in [0.15, 0.2) is 0 Å². The fourth-order valence-electron chi connectivity index (χ4n) is 1.70. The second-order valence-corrected chi connectivity index (χ2v) is 4.37. The first kappa shape index (κ1) is 15.7. The van der Waals surface area contributed by atoms with Crippen LogP contribution in [0.1, 0.15) is 30.9 Å². The van der Waals surface area contributed by atoms with Crippen molar-refractivity contribution >= 4 is 6.03 Å². The van der Waals surface area contributed by atoms with Crippen molar-refractivity contribution in [2.75, 3.05) is 0 Å². The Hall–Kier alpha value is -2.35. The Bertz CT molecular complexity index is 522. The van der Waals surface area contributed by atoms with Crippen molar-refractivity contribution in [2.45, 2.75) is 32.4 Å². The van der Waals surface area contributed by atoms with E-state index in [9.17, 15) is 9.18 Å². The number of carbonyl (C=O) groups excluding carboxylic acids is 1. The van der Waals surface area contributed by atoms with E-state index in [2.05, 4.69) is 17.2 Å². The summed E-state index contributed by atoms with van der Waals surface area (Å²) in [6.07, 6.45) is 3.23. The highest BCUT2D eigenvalue weighted by molar-refractivity contribution is 5.74. The second kappa shape index (κ2) is 7.95. The van der Waals surface area contributed by atoms with Crippen molar-refractivity contribution in [3.05, 3.63) is 47.8 Å². The van der Waals surface area contributed by atoms with E-state index >= 15 is 0 Å². The Morgan fingerprint density at radius 2 is 2.35 bits per heavy atom.